The largest absolute Gasteiger partial charge is 0.456 e. The number of rotatable bonds is 4. The monoisotopic (exact) mass is 419 g/mol. The molecule has 0 fully saturated rings. The summed E-state index contributed by atoms with van der Waals surface area (Å²) in [5, 5.41) is 1.75. The molecule has 1 atom stereocenters. The fourth-order valence-corrected chi connectivity index (χ4v) is 5.42. The summed E-state index contributed by atoms with van der Waals surface area (Å²) in [5.41, 5.74) is 1.84. The Labute approximate surface area is 165 Å². The Morgan fingerprint density at radius 1 is 1.36 bits per heavy atom. The van der Waals surface area contributed by atoms with Crippen LogP contribution in [-0.2, 0) is 27.8 Å². The summed E-state index contributed by atoms with van der Waals surface area (Å²) in [4.78, 5) is 29.2. The first-order valence-corrected chi connectivity index (χ1v) is 11.2. The highest BCUT2D eigenvalue weighted by molar-refractivity contribution is 7.92. The molecule has 3 aromatic rings. The van der Waals surface area contributed by atoms with Crippen molar-refractivity contribution in [2.24, 2.45) is 0 Å². The van der Waals surface area contributed by atoms with Crippen LogP contribution in [-0.4, -0.2) is 36.1 Å². The Bertz CT molecular complexity index is 1250. The predicted molar refractivity (Wildman–Crippen MR) is 105 cm³/mol. The van der Waals surface area contributed by atoms with Gasteiger partial charge in [-0.25, -0.2) is 18.2 Å². The van der Waals surface area contributed by atoms with Gasteiger partial charge in [0.1, 0.15) is 6.61 Å². The van der Waals surface area contributed by atoms with Crippen molar-refractivity contribution in [3.8, 4) is 0 Å². The molecule has 1 aromatic carbocycles. The molecule has 8 nitrogen and oxygen atoms in total. The number of carbonyl (C=O) groups is 1. The van der Waals surface area contributed by atoms with Crippen molar-refractivity contribution in [3.63, 3.8) is 0 Å². The number of fused-ring (bicyclic) bond motifs is 2. The van der Waals surface area contributed by atoms with Gasteiger partial charge in [-0.05, 0) is 37.1 Å². The van der Waals surface area contributed by atoms with Crippen LogP contribution in [0.3, 0.4) is 0 Å². The molecule has 0 amide bonds. The van der Waals surface area contributed by atoms with E-state index in [1.807, 2.05) is 6.92 Å². The highest BCUT2D eigenvalue weighted by atomic mass is 32.2. The SMILES string of the molecule is C[C@@H]1Cc2cc(C(=O)OCc3cc(=O)n4ccsc4n3)ccc2N1S(C)(=O)=O. The van der Waals surface area contributed by atoms with Gasteiger partial charge in [-0.1, -0.05) is 0 Å². The second-order valence-electron chi connectivity index (χ2n) is 6.67. The first-order valence-electron chi connectivity index (χ1n) is 8.49. The maximum absolute atomic E-state index is 12.4. The van der Waals surface area contributed by atoms with Gasteiger partial charge < -0.3 is 4.74 Å². The molecular weight excluding hydrogens is 402 g/mol. The van der Waals surface area contributed by atoms with E-state index in [1.54, 1.807) is 29.8 Å². The maximum atomic E-state index is 12.4. The van der Waals surface area contributed by atoms with E-state index in [0.717, 1.165) is 5.56 Å². The lowest BCUT2D eigenvalue weighted by Crippen LogP contribution is -2.34. The number of hydrogen-bond donors (Lipinski definition) is 0. The van der Waals surface area contributed by atoms with E-state index >= 15 is 0 Å². The minimum atomic E-state index is -3.38. The van der Waals surface area contributed by atoms with E-state index < -0.39 is 16.0 Å². The molecule has 1 aliphatic heterocycles. The molecule has 146 valence electrons. The summed E-state index contributed by atoms with van der Waals surface area (Å²) in [6, 6.07) is 5.96. The predicted octanol–water partition coefficient (Wildman–Crippen LogP) is 1.82. The van der Waals surface area contributed by atoms with Crippen molar-refractivity contribution in [1.29, 1.82) is 0 Å². The lowest BCUT2D eigenvalue weighted by molar-refractivity contribution is 0.0467. The highest BCUT2D eigenvalue weighted by Gasteiger charge is 2.32. The fraction of sp³-hybridized carbons (Fsp3) is 0.278. The number of hydrogen-bond acceptors (Lipinski definition) is 7. The Morgan fingerprint density at radius 2 is 2.14 bits per heavy atom. The van der Waals surface area contributed by atoms with E-state index in [9.17, 15) is 18.0 Å². The van der Waals surface area contributed by atoms with Crippen LogP contribution in [0.1, 0.15) is 28.5 Å². The zero-order chi connectivity index (χ0) is 20.1. The molecule has 4 rings (SSSR count). The average molecular weight is 419 g/mol. The summed E-state index contributed by atoms with van der Waals surface area (Å²) in [7, 11) is -3.38. The van der Waals surface area contributed by atoms with Crippen molar-refractivity contribution in [1.82, 2.24) is 9.38 Å². The van der Waals surface area contributed by atoms with Gasteiger partial charge in [-0.15, -0.1) is 11.3 Å². The number of benzene rings is 1. The minimum absolute atomic E-state index is 0.120. The zero-order valence-electron chi connectivity index (χ0n) is 15.2. The number of sulfonamides is 1. The van der Waals surface area contributed by atoms with Crippen LogP contribution >= 0.6 is 11.3 Å². The van der Waals surface area contributed by atoms with Gasteiger partial charge in [0.15, 0.2) is 4.96 Å². The van der Waals surface area contributed by atoms with Crippen LogP contribution in [0.25, 0.3) is 4.96 Å². The summed E-state index contributed by atoms with van der Waals surface area (Å²) in [5.74, 6) is -0.554. The standard InChI is InChI=1S/C18H17N3O5S2/c1-11-7-13-8-12(3-4-15(13)21(11)28(2,24)25)17(23)26-10-14-9-16(22)20-5-6-27-18(20)19-14/h3-6,8-9,11H,7,10H2,1-2H3/t11-/m1/s1. The van der Waals surface area contributed by atoms with Crippen LogP contribution in [0, 0.1) is 0 Å². The number of thiazole rings is 1. The average Bonchev–Trinajstić information content (AvgIpc) is 3.21. The number of aromatic nitrogens is 2. The van der Waals surface area contributed by atoms with Crippen molar-refractivity contribution in [3.05, 3.63) is 63.0 Å². The molecule has 0 saturated heterocycles. The number of nitrogens with zero attached hydrogens (tertiary/aromatic N) is 3. The van der Waals surface area contributed by atoms with Crippen molar-refractivity contribution < 1.29 is 17.9 Å². The number of esters is 1. The molecule has 0 aliphatic carbocycles. The first kappa shape index (κ1) is 18.6. The third-order valence-corrected chi connectivity index (χ3v) is 6.56. The van der Waals surface area contributed by atoms with Crippen LogP contribution in [0.15, 0.2) is 40.6 Å². The molecule has 0 spiro atoms. The second-order valence-corrected chi connectivity index (χ2v) is 9.41. The zero-order valence-corrected chi connectivity index (χ0v) is 16.8. The molecule has 2 aromatic heterocycles. The first-order chi connectivity index (χ1) is 13.2. The minimum Gasteiger partial charge on any atom is -0.456 e. The molecule has 0 saturated carbocycles. The number of ether oxygens (including phenoxy) is 1. The third kappa shape index (κ3) is 3.29. The van der Waals surface area contributed by atoms with Crippen molar-refractivity contribution in [2.75, 3.05) is 10.6 Å². The Hall–Kier alpha value is -2.72. The van der Waals surface area contributed by atoms with Crippen LogP contribution < -0.4 is 9.86 Å². The highest BCUT2D eigenvalue weighted by Crippen LogP contribution is 2.34. The summed E-state index contributed by atoms with van der Waals surface area (Å²) in [6.07, 6.45) is 3.33. The van der Waals surface area contributed by atoms with Gasteiger partial charge in [-0.3, -0.25) is 13.5 Å². The lowest BCUT2D eigenvalue weighted by Gasteiger charge is -2.21. The van der Waals surface area contributed by atoms with E-state index in [0.29, 0.717) is 28.3 Å². The third-order valence-electron chi connectivity index (χ3n) is 4.53. The molecule has 10 heteroatoms. The van der Waals surface area contributed by atoms with Crippen LogP contribution in [0.2, 0.25) is 0 Å². The Morgan fingerprint density at radius 3 is 2.89 bits per heavy atom. The van der Waals surface area contributed by atoms with Gasteiger partial charge in [0, 0.05) is 23.7 Å². The van der Waals surface area contributed by atoms with Crippen LogP contribution in [0.5, 0.6) is 0 Å². The van der Waals surface area contributed by atoms with E-state index in [4.69, 9.17) is 4.74 Å². The van der Waals surface area contributed by atoms with E-state index in [1.165, 1.54) is 32.4 Å². The Kier molecular flexibility index (Phi) is 4.47. The van der Waals surface area contributed by atoms with Gasteiger partial charge in [-0.2, -0.15) is 0 Å². The maximum Gasteiger partial charge on any atom is 0.338 e. The normalized spacial score (nSPS) is 16.4. The Balaban J connectivity index is 1.53. The summed E-state index contributed by atoms with van der Waals surface area (Å²) in [6.45, 7) is 1.70. The van der Waals surface area contributed by atoms with Crippen molar-refractivity contribution in [2.45, 2.75) is 26.0 Å². The quantitative estimate of drug-likeness (QED) is 0.599. The van der Waals surface area contributed by atoms with Crippen LogP contribution in [0.4, 0.5) is 5.69 Å². The fourth-order valence-electron chi connectivity index (χ4n) is 3.42. The van der Waals surface area contributed by atoms with E-state index in [2.05, 4.69) is 4.98 Å². The molecule has 0 radical (unpaired) electrons. The molecular formula is C18H17N3O5S2. The van der Waals surface area contributed by atoms with Gasteiger partial charge in [0.2, 0.25) is 10.0 Å². The summed E-state index contributed by atoms with van der Waals surface area (Å²) >= 11 is 1.32. The van der Waals surface area contributed by atoms with Crippen molar-refractivity contribution >= 4 is 38.0 Å². The van der Waals surface area contributed by atoms with Gasteiger partial charge in [0.25, 0.3) is 5.56 Å². The molecule has 0 N–H and O–H groups in total. The topological polar surface area (TPSA) is 98.1 Å². The molecule has 0 bridgehead atoms. The van der Waals surface area contributed by atoms with Gasteiger partial charge >= 0.3 is 5.97 Å². The molecule has 3 heterocycles. The molecule has 0 unspecified atom stereocenters. The lowest BCUT2D eigenvalue weighted by atomic mass is 10.1. The smallest absolute Gasteiger partial charge is 0.338 e. The number of carbonyl (C=O) groups excluding carboxylic acids is 1. The molecule has 28 heavy (non-hydrogen) atoms. The number of anilines is 1. The molecule has 1 aliphatic rings. The summed E-state index contributed by atoms with van der Waals surface area (Å²) < 4.78 is 32.1. The van der Waals surface area contributed by atoms with Gasteiger partial charge in [0.05, 0.1) is 23.2 Å². The second kappa shape index (κ2) is 6.71. The van der Waals surface area contributed by atoms with E-state index in [-0.39, 0.29) is 18.2 Å².